The normalized spacial score (nSPS) is 23.0. The lowest BCUT2D eigenvalue weighted by molar-refractivity contribution is -0.161. The number of anilines is 1. The number of hydrogen-bond donors (Lipinski definition) is 1. The first kappa shape index (κ1) is 18.6. The summed E-state index contributed by atoms with van der Waals surface area (Å²) in [6.45, 7) is 2.15. The van der Waals surface area contributed by atoms with Gasteiger partial charge in [-0.25, -0.2) is 5.01 Å². The van der Waals surface area contributed by atoms with Gasteiger partial charge in [0.05, 0.1) is 23.0 Å². The number of carbonyl (C=O) groups excluding carboxylic acids is 1. The highest BCUT2D eigenvalue weighted by molar-refractivity contribution is 9.10. The van der Waals surface area contributed by atoms with E-state index < -0.39 is 5.72 Å². The van der Waals surface area contributed by atoms with E-state index in [1.54, 1.807) is 0 Å². The van der Waals surface area contributed by atoms with Crippen LogP contribution < -0.4 is 10.1 Å². The van der Waals surface area contributed by atoms with Crippen molar-refractivity contribution in [1.82, 2.24) is 5.01 Å². The van der Waals surface area contributed by atoms with E-state index in [0.29, 0.717) is 6.42 Å². The Labute approximate surface area is 188 Å². The van der Waals surface area contributed by atoms with Gasteiger partial charge >= 0.3 is 5.72 Å². The van der Waals surface area contributed by atoms with Crippen LogP contribution in [0, 0.1) is 0 Å². The first-order valence-electron chi connectivity index (χ1n) is 10.5. The Morgan fingerprint density at radius 3 is 2.77 bits per heavy atom. The molecule has 1 N–H and O–H groups in total. The minimum absolute atomic E-state index is 0.0820. The highest BCUT2D eigenvalue weighted by Gasteiger charge is 2.60. The van der Waals surface area contributed by atoms with Gasteiger partial charge in [-0.05, 0) is 41.8 Å². The van der Waals surface area contributed by atoms with E-state index in [9.17, 15) is 4.79 Å². The summed E-state index contributed by atoms with van der Waals surface area (Å²) < 4.78 is 7.38. The number of fused-ring (bicyclic) bond motifs is 6. The van der Waals surface area contributed by atoms with Gasteiger partial charge in [0.15, 0.2) is 0 Å². The van der Waals surface area contributed by atoms with Crippen LogP contribution in [0.4, 0.5) is 5.69 Å². The predicted octanol–water partition coefficient (Wildman–Crippen LogP) is 5.36. The predicted molar refractivity (Wildman–Crippen MR) is 123 cm³/mol. The van der Waals surface area contributed by atoms with Crippen molar-refractivity contribution in [3.63, 3.8) is 0 Å². The SMILES string of the molecule is CCc1ccc(C2=NN3[C@H](C2)c2ccccc2O[C@]32C(=O)Nc3ccc(Br)cc32)cc1. The molecule has 1 spiro atoms. The third kappa shape index (κ3) is 2.61. The molecule has 0 saturated carbocycles. The van der Waals surface area contributed by atoms with Crippen LogP contribution in [0.3, 0.4) is 0 Å². The van der Waals surface area contributed by atoms with Gasteiger partial charge in [0.25, 0.3) is 5.91 Å². The molecule has 3 aromatic carbocycles. The van der Waals surface area contributed by atoms with Crippen LogP contribution in [0.15, 0.2) is 76.3 Å². The smallest absolute Gasteiger partial charge is 0.306 e. The minimum atomic E-state index is -1.33. The molecule has 0 fully saturated rings. The zero-order valence-corrected chi connectivity index (χ0v) is 18.5. The third-order valence-corrected chi connectivity index (χ3v) is 6.86. The van der Waals surface area contributed by atoms with Crippen LogP contribution in [0.2, 0.25) is 0 Å². The van der Waals surface area contributed by atoms with Gasteiger partial charge < -0.3 is 10.1 Å². The highest BCUT2D eigenvalue weighted by Crippen LogP contribution is 2.54. The van der Waals surface area contributed by atoms with E-state index in [1.165, 1.54) is 5.56 Å². The number of halogens is 1. The van der Waals surface area contributed by atoms with Crippen LogP contribution in [0.1, 0.15) is 41.6 Å². The van der Waals surface area contributed by atoms with Crippen molar-refractivity contribution in [2.75, 3.05) is 5.32 Å². The molecule has 0 bridgehead atoms. The van der Waals surface area contributed by atoms with E-state index in [0.717, 1.165) is 44.7 Å². The Balaban J connectivity index is 1.54. The number of rotatable bonds is 2. The molecule has 3 aromatic rings. The van der Waals surface area contributed by atoms with Gasteiger partial charge in [-0.2, -0.15) is 5.10 Å². The summed E-state index contributed by atoms with van der Waals surface area (Å²) in [5.74, 6) is 0.510. The molecule has 0 saturated heterocycles. The number of amides is 1. The van der Waals surface area contributed by atoms with Crippen LogP contribution in [0.5, 0.6) is 5.75 Å². The second-order valence-corrected chi connectivity index (χ2v) is 9.01. The van der Waals surface area contributed by atoms with Crippen molar-refractivity contribution in [3.8, 4) is 5.75 Å². The molecular formula is C25H20BrN3O2. The van der Waals surface area contributed by atoms with Gasteiger partial charge in [-0.15, -0.1) is 0 Å². The summed E-state index contributed by atoms with van der Waals surface area (Å²) in [6.07, 6.45) is 1.71. The molecule has 3 aliphatic rings. The molecule has 6 heteroatoms. The zero-order chi connectivity index (χ0) is 21.2. The Morgan fingerprint density at radius 2 is 1.97 bits per heavy atom. The maximum atomic E-state index is 13.4. The number of benzene rings is 3. The summed E-state index contributed by atoms with van der Waals surface area (Å²) in [7, 11) is 0. The number of carbonyl (C=O) groups is 1. The first-order chi connectivity index (χ1) is 15.1. The summed E-state index contributed by atoms with van der Waals surface area (Å²) in [5, 5.41) is 9.87. The number of ether oxygens (including phenoxy) is 1. The summed E-state index contributed by atoms with van der Waals surface area (Å²) in [5.41, 5.74) is 4.58. The molecule has 0 radical (unpaired) electrons. The standard InChI is InChI=1S/C25H20BrN3O2/c1-2-15-7-9-16(10-8-15)21-14-22-18-5-3-4-6-23(18)31-25(29(22)28-21)19-13-17(26)11-12-20(19)27-24(25)30/h3-13,22H,2,14H2,1H3,(H,27,30)/t22-,25-/m1/s1. The number of hydrogen-bond acceptors (Lipinski definition) is 4. The third-order valence-electron chi connectivity index (χ3n) is 6.37. The summed E-state index contributed by atoms with van der Waals surface area (Å²) in [6, 6.07) is 22.2. The molecule has 0 unspecified atom stereocenters. The lowest BCUT2D eigenvalue weighted by Gasteiger charge is -2.44. The number of hydrazone groups is 1. The second kappa shape index (κ2) is 6.69. The van der Waals surface area contributed by atoms with Crippen molar-refractivity contribution in [1.29, 1.82) is 0 Å². The first-order valence-corrected chi connectivity index (χ1v) is 11.2. The maximum absolute atomic E-state index is 13.4. The Morgan fingerprint density at radius 1 is 1.16 bits per heavy atom. The lowest BCUT2D eigenvalue weighted by Crippen LogP contribution is -2.55. The van der Waals surface area contributed by atoms with E-state index >= 15 is 0 Å². The highest BCUT2D eigenvalue weighted by atomic mass is 79.9. The quantitative estimate of drug-likeness (QED) is 0.544. The Bertz CT molecular complexity index is 1250. The van der Waals surface area contributed by atoms with Crippen LogP contribution >= 0.6 is 15.9 Å². The number of nitrogens with zero attached hydrogens (tertiary/aromatic N) is 2. The van der Waals surface area contributed by atoms with Crippen molar-refractivity contribution < 1.29 is 9.53 Å². The fourth-order valence-electron chi connectivity index (χ4n) is 4.77. The molecule has 3 aliphatic heterocycles. The fraction of sp³-hybridized carbons (Fsp3) is 0.200. The largest absolute Gasteiger partial charge is 0.453 e. The van der Waals surface area contributed by atoms with Crippen molar-refractivity contribution in [2.24, 2.45) is 5.10 Å². The van der Waals surface area contributed by atoms with Crippen molar-refractivity contribution in [3.05, 3.63) is 93.5 Å². The Kier molecular flexibility index (Phi) is 4.02. The second-order valence-electron chi connectivity index (χ2n) is 8.09. The molecule has 6 rings (SSSR count). The molecule has 31 heavy (non-hydrogen) atoms. The van der Waals surface area contributed by atoms with Gasteiger partial charge in [0.2, 0.25) is 0 Å². The maximum Gasteiger partial charge on any atom is 0.306 e. The molecule has 0 aromatic heterocycles. The molecular weight excluding hydrogens is 454 g/mol. The fourth-order valence-corrected chi connectivity index (χ4v) is 5.13. The molecule has 2 atom stereocenters. The topological polar surface area (TPSA) is 53.9 Å². The summed E-state index contributed by atoms with van der Waals surface area (Å²) >= 11 is 3.55. The van der Waals surface area contributed by atoms with Crippen molar-refractivity contribution >= 4 is 33.2 Å². The monoisotopic (exact) mass is 473 g/mol. The van der Waals surface area contributed by atoms with Crippen LogP contribution in [-0.4, -0.2) is 16.6 Å². The van der Waals surface area contributed by atoms with Gasteiger partial charge in [0, 0.05) is 16.5 Å². The van der Waals surface area contributed by atoms with Gasteiger partial charge in [-0.3, -0.25) is 4.79 Å². The zero-order valence-electron chi connectivity index (χ0n) is 16.9. The molecule has 3 heterocycles. The lowest BCUT2D eigenvalue weighted by atomic mass is 9.92. The van der Waals surface area contributed by atoms with Crippen LogP contribution in [-0.2, 0) is 16.9 Å². The van der Waals surface area contributed by atoms with Gasteiger partial charge in [0.1, 0.15) is 5.75 Å². The van der Waals surface area contributed by atoms with Crippen LogP contribution in [0.25, 0.3) is 0 Å². The molecule has 5 nitrogen and oxygen atoms in total. The summed E-state index contributed by atoms with van der Waals surface area (Å²) in [4.78, 5) is 13.4. The molecule has 154 valence electrons. The van der Waals surface area contributed by atoms with Gasteiger partial charge in [-0.1, -0.05) is 65.3 Å². The molecule has 1 amide bonds. The number of para-hydroxylation sites is 1. The minimum Gasteiger partial charge on any atom is -0.453 e. The average molecular weight is 474 g/mol. The van der Waals surface area contributed by atoms with E-state index in [4.69, 9.17) is 9.84 Å². The Hall–Kier alpha value is -3.12. The van der Waals surface area contributed by atoms with E-state index in [2.05, 4.69) is 58.5 Å². The number of nitrogens with one attached hydrogen (secondary N) is 1. The molecule has 0 aliphatic carbocycles. The van der Waals surface area contributed by atoms with E-state index in [-0.39, 0.29) is 11.9 Å². The van der Waals surface area contributed by atoms with E-state index in [1.807, 2.05) is 41.4 Å². The average Bonchev–Trinajstić information content (AvgIpc) is 3.35. The van der Waals surface area contributed by atoms with Crippen molar-refractivity contribution in [2.45, 2.75) is 31.5 Å². The number of aryl methyl sites for hydroxylation is 1.